The minimum absolute atomic E-state index is 0.103. The molecule has 4 nitrogen and oxygen atoms in total. The van der Waals surface area contributed by atoms with Gasteiger partial charge in [-0.05, 0) is 24.5 Å². The van der Waals surface area contributed by atoms with Crippen molar-refractivity contribution in [3.8, 4) is 0 Å². The fourth-order valence-corrected chi connectivity index (χ4v) is 2.35. The van der Waals surface area contributed by atoms with Gasteiger partial charge in [-0.25, -0.2) is 0 Å². The van der Waals surface area contributed by atoms with Gasteiger partial charge in [-0.1, -0.05) is 6.08 Å². The van der Waals surface area contributed by atoms with Crippen LogP contribution in [0.1, 0.15) is 12.8 Å². The molecule has 14 heavy (non-hydrogen) atoms. The van der Waals surface area contributed by atoms with Crippen molar-refractivity contribution >= 4 is 11.8 Å². The molecule has 1 aliphatic heterocycles. The number of nitrogens with one attached hydrogen (secondary N) is 1. The van der Waals surface area contributed by atoms with Crippen LogP contribution in [0.3, 0.4) is 0 Å². The number of rotatable bonds is 2. The van der Waals surface area contributed by atoms with E-state index in [1.807, 2.05) is 6.08 Å². The molecule has 0 aromatic carbocycles. The summed E-state index contributed by atoms with van der Waals surface area (Å²) in [6, 6.07) is 0.206. The van der Waals surface area contributed by atoms with Crippen molar-refractivity contribution in [1.29, 1.82) is 0 Å². The molecule has 1 fully saturated rings. The topological polar surface area (TPSA) is 66.4 Å². The molecule has 76 valence electrons. The summed E-state index contributed by atoms with van der Waals surface area (Å²) in [6.07, 6.45) is 4.11. The summed E-state index contributed by atoms with van der Waals surface area (Å²) in [5.74, 6) is -0.375. The number of carbonyl (C=O) groups is 2. The van der Waals surface area contributed by atoms with E-state index >= 15 is 0 Å². The van der Waals surface area contributed by atoms with Crippen LogP contribution in [0, 0.1) is 11.8 Å². The lowest BCUT2D eigenvalue weighted by atomic mass is 9.81. The van der Waals surface area contributed by atoms with Crippen LogP contribution in [0.4, 0.5) is 0 Å². The maximum absolute atomic E-state index is 11.2. The molecule has 1 heterocycles. The van der Waals surface area contributed by atoms with E-state index in [1.54, 1.807) is 6.08 Å². The second-order valence-electron chi connectivity index (χ2n) is 3.99. The summed E-state index contributed by atoms with van der Waals surface area (Å²) < 4.78 is 0. The zero-order valence-corrected chi connectivity index (χ0v) is 7.77. The maximum atomic E-state index is 11.2. The molecule has 2 N–H and O–H groups in total. The van der Waals surface area contributed by atoms with Crippen LogP contribution >= 0.6 is 0 Å². The third kappa shape index (κ3) is 1.70. The summed E-state index contributed by atoms with van der Waals surface area (Å²) in [6.45, 7) is 0.708. The third-order valence-electron chi connectivity index (χ3n) is 3.05. The first-order valence-corrected chi connectivity index (χ1v) is 4.83. The first kappa shape index (κ1) is 9.40. The fraction of sp³-hybridized carbons (Fsp3) is 0.600. The van der Waals surface area contributed by atoms with Crippen molar-refractivity contribution in [2.75, 3.05) is 6.54 Å². The Balaban J connectivity index is 2.06. The van der Waals surface area contributed by atoms with E-state index in [2.05, 4.69) is 5.32 Å². The minimum Gasteiger partial charge on any atom is -0.481 e. The Labute approximate surface area is 82.0 Å². The molecule has 3 unspecified atom stereocenters. The van der Waals surface area contributed by atoms with Crippen molar-refractivity contribution in [2.45, 2.75) is 18.9 Å². The summed E-state index contributed by atoms with van der Waals surface area (Å²) in [7, 11) is 0. The summed E-state index contributed by atoms with van der Waals surface area (Å²) >= 11 is 0. The van der Waals surface area contributed by atoms with Crippen LogP contribution in [0.25, 0.3) is 0 Å². The molecular weight excluding hydrogens is 182 g/mol. The standard InChI is InChI=1S/C10H13NO3/c12-7-1-2-9-8(4-7)6(5-11-9)3-10(13)14/h1-2,6,8-9,11H,3-5H2,(H,13,14). The average molecular weight is 195 g/mol. The van der Waals surface area contributed by atoms with Gasteiger partial charge in [-0.3, -0.25) is 9.59 Å². The Hall–Kier alpha value is -1.16. The Morgan fingerprint density at radius 3 is 3.14 bits per heavy atom. The van der Waals surface area contributed by atoms with E-state index < -0.39 is 5.97 Å². The number of carbonyl (C=O) groups excluding carboxylic acids is 1. The van der Waals surface area contributed by atoms with Crippen molar-refractivity contribution in [1.82, 2.24) is 5.32 Å². The number of carboxylic acid groups (broad SMARTS) is 1. The van der Waals surface area contributed by atoms with Gasteiger partial charge in [0.25, 0.3) is 0 Å². The van der Waals surface area contributed by atoms with Crippen molar-refractivity contribution in [3.05, 3.63) is 12.2 Å². The first-order chi connectivity index (χ1) is 6.66. The highest BCUT2D eigenvalue weighted by Crippen LogP contribution is 2.31. The molecule has 0 spiro atoms. The summed E-state index contributed by atoms with van der Waals surface area (Å²) in [5, 5.41) is 11.9. The second kappa shape index (κ2) is 3.53. The van der Waals surface area contributed by atoms with E-state index in [9.17, 15) is 9.59 Å². The highest BCUT2D eigenvalue weighted by molar-refractivity contribution is 5.91. The molecule has 4 heteroatoms. The maximum Gasteiger partial charge on any atom is 0.303 e. The smallest absolute Gasteiger partial charge is 0.303 e. The molecule has 0 radical (unpaired) electrons. The molecule has 0 amide bonds. The number of aliphatic carboxylic acids is 1. The van der Waals surface area contributed by atoms with E-state index in [-0.39, 0.29) is 30.1 Å². The summed E-state index contributed by atoms with van der Waals surface area (Å²) in [5.41, 5.74) is 0. The van der Waals surface area contributed by atoms with E-state index in [0.29, 0.717) is 13.0 Å². The quantitative estimate of drug-likeness (QED) is 0.660. The molecule has 0 saturated carbocycles. The molecule has 1 saturated heterocycles. The van der Waals surface area contributed by atoms with Crippen LogP contribution in [0.5, 0.6) is 0 Å². The van der Waals surface area contributed by atoms with Gasteiger partial charge in [0.05, 0.1) is 0 Å². The van der Waals surface area contributed by atoms with Crippen molar-refractivity contribution in [2.24, 2.45) is 11.8 Å². The SMILES string of the molecule is O=C(O)CC1CNC2C=CC(=O)CC12. The van der Waals surface area contributed by atoms with Gasteiger partial charge in [0, 0.05) is 18.9 Å². The third-order valence-corrected chi connectivity index (χ3v) is 3.05. The lowest BCUT2D eigenvalue weighted by molar-refractivity contribution is -0.138. The van der Waals surface area contributed by atoms with Crippen LogP contribution in [-0.4, -0.2) is 29.4 Å². The lowest BCUT2D eigenvalue weighted by Crippen LogP contribution is -2.30. The number of fused-ring (bicyclic) bond motifs is 1. The Morgan fingerprint density at radius 1 is 1.64 bits per heavy atom. The molecule has 0 aromatic heterocycles. The van der Waals surface area contributed by atoms with Gasteiger partial charge in [0.15, 0.2) is 5.78 Å². The molecule has 1 aliphatic carbocycles. The Bertz CT molecular complexity index is 298. The van der Waals surface area contributed by atoms with Crippen LogP contribution in [-0.2, 0) is 9.59 Å². The van der Waals surface area contributed by atoms with Crippen LogP contribution < -0.4 is 5.32 Å². The highest BCUT2D eigenvalue weighted by Gasteiger charge is 2.38. The summed E-state index contributed by atoms with van der Waals surface area (Å²) in [4.78, 5) is 21.8. The zero-order valence-electron chi connectivity index (χ0n) is 7.77. The monoisotopic (exact) mass is 195 g/mol. The molecule has 0 aromatic rings. The van der Waals surface area contributed by atoms with Gasteiger partial charge >= 0.3 is 5.97 Å². The number of allylic oxidation sites excluding steroid dienone is 1. The van der Waals surface area contributed by atoms with Gasteiger partial charge in [-0.2, -0.15) is 0 Å². The normalized spacial score (nSPS) is 35.7. The predicted octanol–water partition coefficient (Wildman–Crippen LogP) is 0.194. The fourth-order valence-electron chi connectivity index (χ4n) is 2.35. The second-order valence-corrected chi connectivity index (χ2v) is 3.99. The lowest BCUT2D eigenvalue weighted by Gasteiger charge is -2.22. The van der Waals surface area contributed by atoms with Gasteiger partial charge in [-0.15, -0.1) is 0 Å². The number of hydrogen-bond donors (Lipinski definition) is 2. The van der Waals surface area contributed by atoms with Crippen molar-refractivity contribution < 1.29 is 14.7 Å². The van der Waals surface area contributed by atoms with Gasteiger partial charge < -0.3 is 10.4 Å². The van der Waals surface area contributed by atoms with Gasteiger partial charge in [0.1, 0.15) is 0 Å². The highest BCUT2D eigenvalue weighted by atomic mass is 16.4. The Morgan fingerprint density at radius 2 is 2.43 bits per heavy atom. The van der Waals surface area contributed by atoms with E-state index in [0.717, 1.165) is 0 Å². The van der Waals surface area contributed by atoms with Crippen LogP contribution in [0.15, 0.2) is 12.2 Å². The van der Waals surface area contributed by atoms with E-state index in [1.165, 1.54) is 0 Å². The van der Waals surface area contributed by atoms with E-state index in [4.69, 9.17) is 5.11 Å². The predicted molar refractivity (Wildman–Crippen MR) is 49.8 cm³/mol. The molecular formula is C10H13NO3. The van der Waals surface area contributed by atoms with Crippen molar-refractivity contribution in [3.63, 3.8) is 0 Å². The average Bonchev–Trinajstić information content (AvgIpc) is 2.47. The number of hydrogen-bond acceptors (Lipinski definition) is 3. The Kier molecular flexibility index (Phi) is 2.37. The number of carboxylic acids is 1. The first-order valence-electron chi connectivity index (χ1n) is 4.83. The zero-order chi connectivity index (χ0) is 10.1. The molecule has 2 rings (SSSR count). The number of ketones is 1. The molecule has 2 aliphatic rings. The largest absolute Gasteiger partial charge is 0.481 e. The molecule has 3 atom stereocenters. The molecule has 0 bridgehead atoms. The van der Waals surface area contributed by atoms with Crippen LogP contribution in [0.2, 0.25) is 0 Å². The van der Waals surface area contributed by atoms with Gasteiger partial charge in [0.2, 0.25) is 0 Å². The minimum atomic E-state index is -0.778.